The summed E-state index contributed by atoms with van der Waals surface area (Å²) in [5.41, 5.74) is 1.03. The van der Waals surface area contributed by atoms with E-state index in [2.05, 4.69) is 12.2 Å². The van der Waals surface area contributed by atoms with Crippen LogP contribution in [-0.4, -0.2) is 11.1 Å². The van der Waals surface area contributed by atoms with Crippen LogP contribution in [0.3, 0.4) is 0 Å². The molecule has 1 aliphatic carbocycles. The van der Waals surface area contributed by atoms with Gasteiger partial charge in [-0.1, -0.05) is 13.0 Å². The lowest BCUT2D eigenvalue weighted by molar-refractivity contribution is 0.475. The van der Waals surface area contributed by atoms with Gasteiger partial charge in [-0.15, -0.1) is 0 Å². The second kappa shape index (κ2) is 3.91. The van der Waals surface area contributed by atoms with Crippen molar-refractivity contribution in [3.05, 3.63) is 24.3 Å². The summed E-state index contributed by atoms with van der Waals surface area (Å²) in [5.74, 6) is 1.18. The maximum Gasteiger partial charge on any atom is 0.117 e. The fourth-order valence-corrected chi connectivity index (χ4v) is 1.86. The van der Waals surface area contributed by atoms with Gasteiger partial charge in [-0.25, -0.2) is 0 Å². The number of rotatable bonds is 4. The molecule has 0 aromatic heterocycles. The van der Waals surface area contributed by atoms with Crippen LogP contribution < -0.4 is 5.32 Å². The average molecular weight is 191 g/mol. The lowest BCUT2D eigenvalue weighted by Crippen LogP contribution is -2.20. The van der Waals surface area contributed by atoms with Gasteiger partial charge >= 0.3 is 0 Å². The zero-order valence-electron chi connectivity index (χ0n) is 8.53. The quantitative estimate of drug-likeness (QED) is 0.766. The Morgan fingerprint density at radius 1 is 1.50 bits per heavy atom. The van der Waals surface area contributed by atoms with Gasteiger partial charge in [0.25, 0.3) is 0 Å². The Balaban J connectivity index is 2.01. The van der Waals surface area contributed by atoms with Crippen molar-refractivity contribution in [1.29, 1.82) is 0 Å². The lowest BCUT2D eigenvalue weighted by atomic mass is 10.1. The van der Waals surface area contributed by atoms with Gasteiger partial charge < -0.3 is 10.4 Å². The van der Waals surface area contributed by atoms with E-state index in [1.165, 1.54) is 12.8 Å². The summed E-state index contributed by atoms with van der Waals surface area (Å²) in [5, 5.41) is 12.8. The molecule has 1 atom stereocenters. The molecule has 1 aliphatic rings. The largest absolute Gasteiger partial charge is 0.508 e. The average Bonchev–Trinajstić information content (AvgIpc) is 2.97. The predicted octanol–water partition coefficient (Wildman–Crippen LogP) is 2.99. The standard InChI is InChI=1S/C12H17NO/c1-2-12(9-6-7-9)13-10-4-3-5-11(14)8-10/h3-5,8-9,12-14H,2,6-7H2,1H3. The lowest BCUT2D eigenvalue weighted by Gasteiger charge is -2.17. The molecule has 0 spiro atoms. The first-order valence-corrected chi connectivity index (χ1v) is 5.35. The second-order valence-electron chi connectivity index (χ2n) is 4.05. The summed E-state index contributed by atoms with van der Waals surface area (Å²) < 4.78 is 0. The molecule has 0 amide bonds. The van der Waals surface area contributed by atoms with Gasteiger partial charge in [0, 0.05) is 17.8 Å². The van der Waals surface area contributed by atoms with Crippen LogP contribution in [0, 0.1) is 5.92 Å². The van der Waals surface area contributed by atoms with E-state index in [0.717, 1.165) is 18.0 Å². The van der Waals surface area contributed by atoms with Crippen molar-refractivity contribution >= 4 is 5.69 Å². The summed E-state index contributed by atoms with van der Waals surface area (Å²) in [6.07, 6.45) is 3.86. The number of anilines is 1. The highest BCUT2D eigenvalue weighted by atomic mass is 16.3. The van der Waals surface area contributed by atoms with Crippen LogP contribution in [0.15, 0.2) is 24.3 Å². The van der Waals surface area contributed by atoms with Crippen molar-refractivity contribution in [2.24, 2.45) is 5.92 Å². The molecule has 2 N–H and O–H groups in total. The van der Waals surface area contributed by atoms with Gasteiger partial charge in [-0.2, -0.15) is 0 Å². The van der Waals surface area contributed by atoms with E-state index in [1.54, 1.807) is 12.1 Å². The van der Waals surface area contributed by atoms with E-state index in [0.29, 0.717) is 11.8 Å². The van der Waals surface area contributed by atoms with Gasteiger partial charge in [-0.3, -0.25) is 0 Å². The molecule has 0 heterocycles. The minimum atomic E-state index is 0.334. The minimum absolute atomic E-state index is 0.334. The van der Waals surface area contributed by atoms with E-state index in [1.807, 2.05) is 12.1 Å². The van der Waals surface area contributed by atoms with E-state index in [-0.39, 0.29) is 0 Å². The molecule has 2 heteroatoms. The SMILES string of the molecule is CCC(Nc1cccc(O)c1)C1CC1. The van der Waals surface area contributed by atoms with E-state index >= 15 is 0 Å². The summed E-state index contributed by atoms with van der Waals surface area (Å²) >= 11 is 0. The van der Waals surface area contributed by atoms with Crippen molar-refractivity contribution in [1.82, 2.24) is 0 Å². The number of aromatic hydroxyl groups is 1. The van der Waals surface area contributed by atoms with Crippen LogP contribution in [0.5, 0.6) is 5.75 Å². The van der Waals surface area contributed by atoms with Crippen molar-refractivity contribution < 1.29 is 5.11 Å². The first-order chi connectivity index (χ1) is 6.79. The molecule has 1 saturated carbocycles. The molecule has 76 valence electrons. The Hall–Kier alpha value is -1.18. The normalized spacial score (nSPS) is 17.8. The third-order valence-corrected chi connectivity index (χ3v) is 2.83. The number of hydrogen-bond acceptors (Lipinski definition) is 2. The van der Waals surface area contributed by atoms with E-state index < -0.39 is 0 Å². The number of benzene rings is 1. The zero-order chi connectivity index (χ0) is 9.97. The Morgan fingerprint density at radius 2 is 2.29 bits per heavy atom. The van der Waals surface area contributed by atoms with Gasteiger partial charge in [0.05, 0.1) is 0 Å². The van der Waals surface area contributed by atoms with Gasteiger partial charge in [-0.05, 0) is 37.3 Å². The highest BCUT2D eigenvalue weighted by Gasteiger charge is 2.29. The summed E-state index contributed by atoms with van der Waals surface area (Å²) in [7, 11) is 0. The number of phenols is 1. The number of phenolic OH excluding ortho intramolecular Hbond substituents is 1. The molecule has 0 aliphatic heterocycles. The number of nitrogens with one attached hydrogen (secondary N) is 1. The molecular formula is C12H17NO. The Morgan fingerprint density at radius 3 is 2.86 bits per heavy atom. The summed E-state index contributed by atoms with van der Waals surface area (Å²) in [6, 6.07) is 7.94. The molecule has 14 heavy (non-hydrogen) atoms. The molecule has 2 rings (SSSR count). The Kier molecular flexibility index (Phi) is 2.62. The zero-order valence-corrected chi connectivity index (χ0v) is 8.53. The third kappa shape index (κ3) is 2.19. The molecule has 0 saturated heterocycles. The fraction of sp³-hybridized carbons (Fsp3) is 0.500. The Bertz CT molecular complexity index is 307. The number of hydrogen-bond donors (Lipinski definition) is 2. The molecular weight excluding hydrogens is 174 g/mol. The van der Waals surface area contributed by atoms with Crippen molar-refractivity contribution in [3.8, 4) is 5.75 Å². The van der Waals surface area contributed by atoms with Gasteiger partial charge in [0.15, 0.2) is 0 Å². The maximum atomic E-state index is 9.31. The molecule has 0 radical (unpaired) electrons. The van der Waals surface area contributed by atoms with Crippen LogP contribution in [0.1, 0.15) is 26.2 Å². The van der Waals surface area contributed by atoms with Crippen molar-refractivity contribution in [2.75, 3.05) is 5.32 Å². The minimum Gasteiger partial charge on any atom is -0.508 e. The monoisotopic (exact) mass is 191 g/mol. The van der Waals surface area contributed by atoms with Gasteiger partial charge in [0.1, 0.15) is 5.75 Å². The molecule has 0 bridgehead atoms. The van der Waals surface area contributed by atoms with Crippen LogP contribution >= 0.6 is 0 Å². The van der Waals surface area contributed by atoms with Gasteiger partial charge in [0.2, 0.25) is 0 Å². The highest BCUT2D eigenvalue weighted by Crippen LogP contribution is 2.35. The molecule has 1 unspecified atom stereocenters. The van der Waals surface area contributed by atoms with Crippen molar-refractivity contribution in [2.45, 2.75) is 32.2 Å². The summed E-state index contributed by atoms with van der Waals surface area (Å²) in [6.45, 7) is 2.21. The smallest absolute Gasteiger partial charge is 0.117 e. The second-order valence-corrected chi connectivity index (χ2v) is 4.05. The van der Waals surface area contributed by atoms with Crippen LogP contribution in [0.2, 0.25) is 0 Å². The first-order valence-electron chi connectivity index (χ1n) is 5.35. The first kappa shape index (κ1) is 9.38. The van der Waals surface area contributed by atoms with Crippen molar-refractivity contribution in [3.63, 3.8) is 0 Å². The van der Waals surface area contributed by atoms with Crippen LogP contribution in [-0.2, 0) is 0 Å². The third-order valence-electron chi connectivity index (χ3n) is 2.83. The Labute approximate surface area is 85.0 Å². The molecule has 1 fully saturated rings. The topological polar surface area (TPSA) is 32.3 Å². The fourth-order valence-electron chi connectivity index (χ4n) is 1.86. The molecule has 1 aromatic rings. The summed E-state index contributed by atoms with van der Waals surface area (Å²) in [4.78, 5) is 0. The predicted molar refractivity (Wildman–Crippen MR) is 58.5 cm³/mol. The maximum absolute atomic E-state index is 9.31. The highest BCUT2D eigenvalue weighted by molar-refractivity contribution is 5.48. The van der Waals surface area contributed by atoms with Crippen LogP contribution in [0.25, 0.3) is 0 Å². The molecule has 1 aromatic carbocycles. The van der Waals surface area contributed by atoms with E-state index in [4.69, 9.17) is 0 Å². The van der Waals surface area contributed by atoms with Crippen LogP contribution in [0.4, 0.5) is 5.69 Å². The molecule has 2 nitrogen and oxygen atoms in total. The van der Waals surface area contributed by atoms with E-state index in [9.17, 15) is 5.11 Å².